The third-order valence-corrected chi connectivity index (χ3v) is 2.49. The minimum absolute atomic E-state index is 0.169. The van der Waals surface area contributed by atoms with Crippen LogP contribution in [0.15, 0.2) is 12.1 Å². The molecular weight excluding hydrogens is 220 g/mol. The Hall–Kier alpha value is -2.22. The van der Waals surface area contributed by atoms with Crippen molar-refractivity contribution in [2.75, 3.05) is 0 Å². The maximum atomic E-state index is 10.8. The zero-order chi connectivity index (χ0) is 11.4. The molecule has 0 bridgehead atoms. The summed E-state index contributed by atoms with van der Waals surface area (Å²) in [5, 5.41) is 21.3. The summed E-state index contributed by atoms with van der Waals surface area (Å²) >= 11 is 0. The Balaban J connectivity index is 2.21. The van der Waals surface area contributed by atoms with Gasteiger partial charge in [-0.25, -0.2) is 0 Å². The highest BCUT2D eigenvalue weighted by molar-refractivity contribution is 5.61. The molecule has 8 heteroatoms. The molecule has 3 rings (SSSR count). The zero-order valence-electron chi connectivity index (χ0n) is 7.65. The molecule has 2 unspecified atom stereocenters. The van der Waals surface area contributed by atoms with E-state index in [0.29, 0.717) is 5.56 Å². The Morgan fingerprint density at radius 2 is 1.94 bits per heavy atom. The minimum Gasteiger partial charge on any atom is -0.461 e. The van der Waals surface area contributed by atoms with Gasteiger partial charge >= 0.3 is 0 Å². The highest BCUT2D eigenvalue weighted by atomic mass is 16.8. The Bertz CT molecular complexity index is 528. The lowest BCUT2D eigenvalue weighted by molar-refractivity contribution is -0.394. The van der Waals surface area contributed by atoms with Crippen LogP contribution in [0.2, 0.25) is 0 Å². The summed E-state index contributed by atoms with van der Waals surface area (Å²) in [6, 6.07) is 2.10. The lowest BCUT2D eigenvalue weighted by atomic mass is 10.1. The van der Waals surface area contributed by atoms with Crippen molar-refractivity contribution in [1.82, 2.24) is 0 Å². The topological polar surface area (TPSA) is 108 Å². The molecule has 2 atom stereocenters. The molecule has 16 heavy (non-hydrogen) atoms. The van der Waals surface area contributed by atoms with Crippen LogP contribution in [0.25, 0.3) is 0 Å². The summed E-state index contributed by atoms with van der Waals surface area (Å²) in [5.41, 5.74) is -0.387. The second-order valence-electron chi connectivity index (χ2n) is 3.43. The normalized spacial score (nSPS) is 24.2. The number of ether oxygens (including phenoxy) is 2. The van der Waals surface area contributed by atoms with Gasteiger partial charge in [0.15, 0.2) is 6.10 Å². The van der Waals surface area contributed by atoms with E-state index >= 15 is 0 Å². The van der Waals surface area contributed by atoms with Crippen LogP contribution >= 0.6 is 0 Å². The van der Waals surface area contributed by atoms with Crippen molar-refractivity contribution in [2.45, 2.75) is 12.4 Å². The van der Waals surface area contributed by atoms with Crippen molar-refractivity contribution in [3.8, 4) is 5.75 Å². The van der Waals surface area contributed by atoms with E-state index in [1.807, 2.05) is 0 Å². The SMILES string of the molecule is O=[N+]([O-])c1cc2c(c([N+](=O)[O-])c1)C1OC1O2. The summed E-state index contributed by atoms with van der Waals surface area (Å²) < 4.78 is 10.1. The molecule has 1 aromatic carbocycles. The number of benzene rings is 1. The van der Waals surface area contributed by atoms with Gasteiger partial charge in [0.2, 0.25) is 6.29 Å². The number of non-ortho nitro benzene ring substituents is 1. The molecule has 2 aliphatic heterocycles. The van der Waals surface area contributed by atoms with Gasteiger partial charge in [0.1, 0.15) is 11.3 Å². The number of nitrogens with zero attached hydrogens (tertiary/aromatic N) is 2. The quantitative estimate of drug-likeness (QED) is 0.425. The first-order valence-electron chi connectivity index (χ1n) is 4.37. The summed E-state index contributed by atoms with van der Waals surface area (Å²) in [7, 11) is 0. The average molecular weight is 224 g/mol. The molecule has 8 nitrogen and oxygen atoms in total. The van der Waals surface area contributed by atoms with Gasteiger partial charge in [0.25, 0.3) is 11.4 Å². The molecule has 2 aliphatic rings. The maximum Gasteiger partial charge on any atom is 0.286 e. The van der Waals surface area contributed by atoms with Crippen molar-refractivity contribution < 1.29 is 19.3 Å². The van der Waals surface area contributed by atoms with E-state index < -0.39 is 22.2 Å². The average Bonchev–Trinajstić information content (AvgIpc) is 2.88. The molecule has 82 valence electrons. The van der Waals surface area contributed by atoms with Crippen molar-refractivity contribution in [2.24, 2.45) is 0 Å². The van der Waals surface area contributed by atoms with Gasteiger partial charge in [0.05, 0.1) is 22.0 Å². The maximum absolute atomic E-state index is 10.8. The van der Waals surface area contributed by atoms with Crippen molar-refractivity contribution in [1.29, 1.82) is 0 Å². The Kier molecular flexibility index (Phi) is 1.51. The Morgan fingerprint density at radius 3 is 2.56 bits per heavy atom. The van der Waals surface area contributed by atoms with Crippen molar-refractivity contribution >= 4 is 11.4 Å². The number of nitro benzene ring substituents is 2. The highest BCUT2D eigenvalue weighted by Gasteiger charge is 2.54. The minimum atomic E-state index is -0.693. The van der Waals surface area contributed by atoms with Crippen LogP contribution in [0.1, 0.15) is 11.7 Å². The monoisotopic (exact) mass is 224 g/mol. The van der Waals surface area contributed by atoms with Gasteiger partial charge in [-0.15, -0.1) is 0 Å². The van der Waals surface area contributed by atoms with Gasteiger partial charge in [-0.05, 0) is 0 Å². The molecule has 0 saturated carbocycles. The first-order valence-corrected chi connectivity index (χ1v) is 4.37. The van der Waals surface area contributed by atoms with Crippen LogP contribution in [0.3, 0.4) is 0 Å². The number of rotatable bonds is 2. The van der Waals surface area contributed by atoms with E-state index in [2.05, 4.69) is 0 Å². The Morgan fingerprint density at radius 1 is 1.19 bits per heavy atom. The van der Waals surface area contributed by atoms with E-state index in [1.165, 1.54) is 6.07 Å². The molecule has 0 aliphatic carbocycles. The predicted molar refractivity (Wildman–Crippen MR) is 48.0 cm³/mol. The van der Waals surface area contributed by atoms with E-state index in [0.717, 1.165) is 6.07 Å². The van der Waals surface area contributed by atoms with Crippen molar-refractivity contribution in [3.05, 3.63) is 37.9 Å². The van der Waals surface area contributed by atoms with E-state index in [4.69, 9.17) is 9.47 Å². The predicted octanol–water partition coefficient (Wildman–Crippen LogP) is 1.29. The van der Waals surface area contributed by atoms with Gasteiger partial charge in [0, 0.05) is 0 Å². The van der Waals surface area contributed by atoms with Crippen molar-refractivity contribution in [3.63, 3.8) is 0 Å². The van der Waals surface area contributed by atoms with Gasteiger partial charge in [-0.3, -0.25) is 20.2 Å². The molecule has 0 N–H and O–H groups in total. The second-order valence-corrected chi connectivity index (χ2v) is 3.43. The summed E-state index contributed by atoms with van der Waals surface area (Å²) in [4.78, 5) is 20.0. The number of hydrogen-bond donors (Lipinski definition) is 0. The lowest BCUT2D eigenvalue weighted by Crippen LogP contribution is -1.98. The fourth-order valence-electron chi connectivity index (χ4n) is 1.76. The molecule has 0 amide bonds. The molecule has 0 spiro atoms. The van der Waals surface area contributed by atoms with Crippen LogP contribution < -0.4 is 4.74 Å². The molecule has 1 fully saturated rings. The fourth-order valence-corrected chi connectivity index (χ4v) is 1.76. The second kappa shape index (κ2) is 2.67. The molecule has 1 aromatic rings. The third-order valence-electron chi connectivity index (χ3n) is 2.49. The van der Waals surface area contributed by atoms with Crippen LogP contribution in [0.5, 0.6) is 5.75 Å². The summed E-state index contributed by atoms with van der Waals surface area (Å²) in [6.45, 7) is 0. The standard InChI is InChI=1S/C8H4N2O6/c11-9(12)3-1-4(10(13)14)6-5(2-3)15-8-7(6)16-8/h1-2,7-8H. The first-order chi connectivity index (χ1) is 7.58. The molecule has 0 radical (unpaired) electrons. The van der Waals surface area contributed by atoms with E-state index in [-0.39, 0.29) is 17.1 Å². The van der Waals surface area contributed by atoms with Crippen LogP contribution in [0, 0.1) is 20.2 Å². The smallest absolute Gasteiger partial charge is 0.286 e. The van der Waals surface area contributed by atoms with Gasteiger partial charge in [-0.1, -0.05) is 0 Å². The number of hydrogen-bond acceptors (Lipinski definition) is 6. The summed E-state index contributed by atoms with van der Waals surface area (Å²) in [6.07, 6.45) is -0.966. The molecule has 2 heterocycles. The van der Waals surface area contributed by atoms with Crippen LogP contribution in [0.4, 0.5) is 11.4 Å². The van der Waals surface area contributed by atoms with Crippen LogP contribution in [-0.4, -0.2) is 16.1 Å². The zero-order valence-corrected chi connectivity index (χ0v) is 7.65. The summed E-state index contributed by atoms with van der Waals surface area (Å²) in [5.74, 6) is 0.169. The largest absolute Gasteiger partial charge is 0.461 e. The number of epoxide rings is 1. The van der Waals surface area contributed by atoms with E-state index in [9.17, 15) is 20.2 Å². The van der Waals surface area contributed by atoms with Crippen LogP contribution in [-0.2, 0) is 4.74 Å². The lowest BCUT2D eigenvalue weighted by Gasteiger charge is -2.03. The molecular formula is C8H4N2O6. The molecule has 0 aromatic heterocycles. The highest BCUT2D eigenvalue weighted by Crippen LogP contribution is 2.55. The first kappa shape index (κ1) is 9.04. The number of fused-ring (bicyclic) bond motifs is 3. The third kappa shape index (κ3) is 1.07. The van der Waals surface area contributed by atoms with Gasteiger partial charge < -0.3 is 9.47 Å². The fraction of sp³-hybridized carbons (Fsp3) is 0.250. The molecule has 1 saturated heterocycles. The number of nitro groups is 2. The Labute approximate surface area is 87.7 Å². The van der Waals surface area contributed by atoms with E-state index in [1.54, 1.807) is 0 Å². The van der Waals surface area contributed by atoms with Gasteiger partial charge in [-0.2, -0.15) is 0 Å².